The number of thioether (sulfide) groups is 1. The van der Waals surface area contributed by atoms with Crippen LogP contribution in [0.2, 0.25) is 0 Å². The van der Waals surface area contributed by atoms with Crippen molar-refractivity contribution in [1.29, 1.82) is 5.41 Å². The number of carbonyl (C=O) groups excluding carboxylic acids is 1. The lowest BCUT2D eigenvalue weighted by molar-refractivity contribution is -0.137. The van der Waals surface area contributed by atoms with E-state index in [0.29, 0.717) is 54.3 Å². The molecule has 0 radical (unpaired) electrons. The van der Waals surface area contributed by atoms with Crippen molar-refractivity contribution in [2.45, 2.75) is 285 Å². The molecule has 0 saturated heterocycles. The molecular formula is C72H156N4O6S. The van der Waals surface area contributed by atoms with Gasteiger partial charge in [-0.3, -0.25) is 15.0 Å². The Kier molecular flexibility index (Phi) is 98.2. The van der Waals surface area contributed by atoms with Crippen molar-refractivity contribution in [3.63, 3.8) is 0 Å². The molecule has 83 heavy (non-hydrogen) atoms. The summed E-state index contributed by atoms with van der Waals surface area (Å²) in [5.74, 6) is 11.4. The van der Waals surface area contributed by atoms with Crippen LogP contribution in [0.1, 0.15) is 278 Å². The monoisotopic (exact) mass is 1210 g/mol. The van der Waals surface area contributed by atoms with Crippen LogP contribution in [0.4, 0.5) is 0 Å². The quantitative estimate of drug-likeness (QED) is 0.0398. The van der Waals surface area contributed by atoms with E-state index in [1.54, 1.807) is 19.1 Å². The minimum atomic E-state index is -0.713. The second kappa shape index (κ2) is 77.4. The standard InChI is InChI=1S/C10H14O.C8H14.C7H16.C6H14S.C6H14.C5H12N2.C5H11NO.C5H10O2.C5H12O.C4H11N.C4H10O.C4H10.C3H8/c1-8(2)7-9-3-5-10(11)6-4-9;1-7(2)8-5-3-4-6-8;1-5-7(4)6(2)3;1-6(2)4-5-7-3;1-5(2)6(3)4;3*1-4(2)3-5(6)7;1-4(2)5(3)6;2*1-4(2)3-5;1-4(2)3;1-3-2/h3-6,8,11H,7H2,1-2H3;3-4,7-8H,5-6H2,1-2H3;6-7H,5H2,1-4H3;6H,4-5H2,1-3H3;5-6H,1-4H3;4H,3H2,1-2H3,(H3,6,7);4H,3H2,1-2H3,(H2,6,7);4H,3H2,1-2H3,(H,6,7);4-6H,1-3H3;4H,3,5H2,1-2H3;4-5H,3H2,1-2H3;4H,1-3H3;3H2,1-2H3. The van der Waals surface area contributed by atoms with Gasteiger partial charge in [0.25, 0.3) is 0 Å². The number of carbonyl (C=O) groups is 2. The molecule has 0 fully saturated rings. The molecule has 10 nitrogen and oxygen atoms in total. The molecular weight excluding hydrogens is 1050 g/mol. The van der Waals surface area contributed by atoms with E-state index in [1.165, 1.54) is 43.4 Å². The number of hydrogen-bond acceptors (Lipinski definition) is 8. The first kappa shape index (κ1) is 105. The lowest BCUT2D eigenvalue weighted by Gasteiger charge is -2.11. The van der Waals surface area contributed by atoms with Crippen molar-refractivity contribution < 1.29 is 30.0 Å². The summed E-state index contributed by atoms with van der Waals surface area (Å²) in [6.45, 7) is 69.1. The number of hydrogen-bond donors (Lipinski definition) is 8. The van der Waals surface area contributed by atoms with Gasteiger partial charge in [-0.25, -0.2) is 0 Å². The van der Waals surface area contributed by atoms with Gasteiger partial charge in [0.1, 0.15) is 5.75 Å². The Morgan fingerprint density at radius 3 is 1.01 bits per heavy atom. The summed E-state index contributed by atoms with van der Waals surface area (Å²) in [7, 11) is 0. The number of primary amides is 1. The molecule has 0 aromatic heterocycles. The van der Waals surface area contributed by atoms with E-state index >= 15 is 0 Å². The third-order valence-corrected chi connectivity index (χ3v) is 11.8. The highest BCUT2D eigenvalue weighted by atomic mass is 32.2. The second-order valence-corrected chi connectivity index (χ2v) is 28.3. The number of amidine groups is 1. The first-order chi connectivity index (χ1) is 37.8. The molecule has 11 N–H and O–H groups in total. The number of nitrogens with two attached hydrogens (primary N) is 3. The van der Waals surface area contributed by atoms with Crippen LogP contribution in [-0.4, -0.2) is 69.4 Å². The zero-order valence-corrected chi connectivity index (χ0v) is 62.7. The van der Waals surface area contributed by atoms with E-state index in [1.807, 2.05) is 93.1 Å². The molecule has 2 atom stereocenters. The Morgan fingerprint density at radius 1 is 0.578 bits per heavy atom. The predicted molar refractivity (Wildman–Crippen MR) is 381 cm³/mol. The average molecular weight is 1210 g/mol. The van der Waals surface area contributed by atoms with Gasteiger partial charge in [0.2, 0.25) is 5.91 Å². The molecule has 0 spiro atoms. The summed E-state index contributed by atoms with van der Waals surface area (Å²) in [4.78, 5) is 19.8. The van der Waals surface area contributed by atoms with E-state index in [2.05, 4.69) is 164 Å². The summed E-state index contributed by atoms with van der Waals surface area (Å²) in [5.41, 5.74) is 16.4. The van der Waals surface area contributed by atoms with Crippen molar-refractivity contribution in [2.24, 2.45) is 106 Å². The second-order valence-electron chi connectivity index (χ2n) is 27.3. The van der Waals surface area contributed by atoms with Gasteiger partial charge < -0.3 is 37.6 Å². The van der Waals surface area contributed by atoms with Crippen molar-refractivity contribution in [3.05, 3.63) is 42.0 Å². The van der Waals surface area contributed by atoms with Gasteiger partial charge >= 0.3 is 5.97 Å². The van der Waals surface area contributed by atoms with Crippen LogP contribution in [0.5, 0.6) is 5.75 Å². The maximum atomic E-state index is 10.0. The van der Waals surface area contributed by atoms with Crippen LogP contribution in [0.3, 0.4) is 0 Å². The first-order valence-corrected chi connectivity index (χ1v) is 33.9. The van der Waals surface area contributed by atoms with Crippen molar-refractivity contribution in [1.82, 2.24) is 0 Å². The maximum Gasteiger partial charge on any atom is 0.303 e. The Bertz CT molecular complexity index is 1320. The Labute approximate surface area is 526 Å². The highest BCUT2D eigenvalue weighted by Crippen LogP contribution is 2.25. The third-order valence-electron chi connectivity index (χ3n) is 11.2. The largest absolute Gasteiger partial charge is 0.508 e. The number of carboxylic acid groups (broad SMARTS) is 1. The molecule has 2 unspecified atom stereocenters. The number of phenols is 1. The van der Waals surface area contributed by atoms with Gasteiger partial charge in [-0.1, -0.05) is 252 Å². The summed E-state index contributed by atoms with van der Waals surface area (Å²) in [6, 6.07) is 7.40. The summed E-state index contributed by atoms with van der Waals surface area (Å²) >= 11 is 1.93. The van der Waals surface area contributed by atoms with Gasteiger partial charge in [0.05, 0.1) is 11.9 Å². The number of benzene rings is 1. The molecule has 1 aliphatic rings. The minimum Gasteiger partial charge on any atom is -0.508 e. The fourth-order valence-electron chi connectivity index (χ4n) is 4.30. The third kappa shape index (κ3) is 150. The first-order valence-electron chi connectivity index (χ1n) is 32.5. The van der Waals surface area contributed by atoms with Crippen LogP contribution in [0.25, 0.3) is 0 Å². The number of aliphatic carboxylic acids is 1. The SMILES string of the molecule is CC(C)C.CC(C)C(C)C.CC(C)C(C)O.CC(C)C1CC=CC1.CC(C)CC(=N)N.CC(C)CC(=O)O.CC(C)CC(N)=O.CC(C)CN.CC(C)CO.CC(C)Cc1ccc(O)cc1.CCC.CCC(C)C(C)C.CSCCC(C)C. The highest BCUT2D eigenvalue weighted by molar-refractivity contribution is 7.98. The van der Waals surface area contributed by atoms with Gasteiger partial charge in [-0.15, -0.1) is 0 Å². The van der Waals surface area contributed by atoms with Crippen molar-refractivity contribution >= 4 is 29.5 Å². The normalized spacial score (nSPS) is 11.7. The lowest BCUT2D eigenvalue weighted by atomic mass is 9.94. The maximum absolute atomic E-state index is 10.0. The van der Waals surface area contributed by atoms with E-state index < -0.39 is 5.97 Å². The minimum absolute atomic E-state index is 0.148. The Morgan fingerprint density at radius 2 is 0.916 bits per heavy atom. The number of aromatic hydroxyl groups is 1. The Balaban J connectivity index is -0.0000000760. The number of aliphatic hydroxyl groups is 2. The summed E-state index contributed by atoms with van der Waals surface area (Å²) < 4.78 is 0. The smallest absolute Gasteiger partial charge is 0.303 e. The van der Waals surface area contributed by atoms with E-state index in [-0.39, 0.29) is 30.2 Å². The number of nitrogens with one attached hydrogen (secondary N) is 1. The molecule has 1 aliphatic carbocycles. The molecule has 1 aromatic carbocycles. The van der Waals surface area contributed by atoms with E-state index in [4.69, 9.17) is 43.0 Å². The number of allylic oxidation sites excluding steroid dienone is 2. The molecule has 1 amide bonds. The molecule has 0 bridgehead atoms. The van der Waals surface area contributed by atoms with Gasteiger partial charge in [0, 0.05) is 25.9 Å². The van der Waals surface area contributed by atoms with Crippen molar-refractivity contribution in [3.8, 4) is 5.75 Å². The number of amides is 1. The summed E-state index contributed by atoms with van der Waals surface area (Å²) in [6.07, 6.45) is 15.7. The van der Waals surface area contributed by atoms with Gasteiger partial charge in [-0.2, -0.15) is 11.8 Å². The molecule has 0 aliphatic heterocycles. The van der Waals surface area contributed by atoms with Crippen LogP contribution in [0.15, 0.2) is 36.4 Å². The number of carboxylic acids is 1. The summed E-state index contributed by atoms with van der Waals surface area (Å²) in [5, 5.41) is 40.7. The number of aliphatic hydroxyl groups excluding tert-OH is 2. The molecule has 1 aromatic rings. The van der Waals surface area contributed by atoms with Crippen LogP contribution in [0, 0.1) is 94.2 Å². The average Bonchev–Trinajstić information content (AvgIpc) is 3.88. The van der Waals surface area contributed by atoms with Crippen molar-refractivity contribution in [2.75, 3.05) is 25.2 Å². The van der Waals surface area contributed by atoms with Gasteiger partial charge in [0.15, 0.2) is 0 Å². The molecule has 2 rings (SSSR count). The van der Waals surface area contributed by atoms with Crippen LogP contribution < -0.4 is 17.2 Å². The van der Waals surface area contributed by atoms with Crippen LogP contribution in [-0.2, 0) is 16.0 Å². The molecule has 11 heteroatoms. The topological polar surface area (TPSA) is 217 Å². The van der Waals surface area contributed by atoms with E-state index in [0.717, 1.165) is 66.7 Å². The molecule has 0 saturated carbocycles. The highest BCUT2D eigenvalue weighted by Gasteiger charge is 2.13. The fourth-order valence-corrected chi connectivity index (χ4v) is 5.01. The molecule has 0 heterocycles. The predicted octanol–water partition coefficient (Wildman–Crippen LogP) is 20.5. The van der Waals surface area contributed by atoms with Gasteiger partial charge in [-0.05, 0) is 158 Å². The zero-order chi connectivity index (χ0) is 68.6. The fraction of sp³-hybridized carbons (Fsp3) is 0.847. The zero-order valence-electron chi connectivity index (χ0n) is 61.9. The number of rotatable bonds is 18. The lowest BCUT2D eigenvalue weighted by Crippen LogP contribution is -2.12. The van der Waals surface area contributed by atoms with E-state index in [9.17, 15) is 9.59 Å². The molecule has 506 valence electrons. The number of phenolic OH excluding ortho intramolecular Hbond substituents is 1. The Hall–Kier alpha value is -2.60. The van der Waals surface area contributed by atoms with Crippen LogP contribution >= 0.6 is 11.8 Å².